The molecule has 1 atom stereocenters. The molecule has 94 valence electrons. The number of aliphatic carboxylic acids is 1. The van der Waals surface area contributed by atoms with Crippen LogP contribution in [0.15, 0.2) is 23.6 Å². The Morgan fingerprint density at radius 1 is 1.53 bits per heavy atom. The number of hydrogen-bond donors (Lipinski definition) is 2. The van der Waals surface area contributed by atoms with E-state index in [1.807, 2.05) is 6.92 Å². The monoisotopic (exact) mass is 255 g/mol. The summed E-state index contributed by atoms with van der Waals surface area (Å²) in [6, 6.07) is 1.73. The van der Waals surface area contributed by atoms with Gasteiger partial charge in [-0.1, -0.05) is 18.7 Å². The third-order valence-electron chi connectivity index (χ3n) is 2.27. The number of nitrogens with zero attached hydrogens (tertiary/aromatic N) is 2. The molecule has 0 aliphatic rings. The number of carbonyl (C=O) groups is 1. The molecule has 0 saturated carbocycles. The Balaban J connectivity index is 2.58. The molecule has 0 spiro atoms. The van der Waals surface area contributed by atoms with E-state index in [2.05, 4.69) is 15.3 Å². The summed E-state index contributed by atoms with van der Waals surface area (Å²) >= 11 is 1.34. The lowest BCUT2D eigenvalue weighted by atomic mass is 10.1. The molecule has 0 aliphatic heterocycles. The van der Waals surface area contributed by atoms with E-state index in [0.29, 0.717) is 17.5 Å². The van der Waals surface area contributed by atoms with E-state index in [9.17, 15) is 9.90 Å². The number of rotatable bonds is 7. The standard InChI is InChI=1S/C11H17N3O2S/c1-3-5-14-11(2,9(15)16)8-17-10-12-6-4-7-13-10/h4,6-7,14H,3,5,8H2,1-2H3,(H,15,16). The van der Waals surface area contributed by atoms with Crippen molar-refractivity contribution in [1.82, 2.24) is 15.3 Å². The zero-order valence-corrected chi connectivity index (χ0v) is 10.8. The third-order valence-corrected chi connectivity index (χ3v) is 3.46. The minimum Gasteiger partial charge on any atom is -0.480 e. The summed E-state index contributed by atoms with van der Waals surface area (Å²) in [4.78, 5) is 19.3. The van der Waals surface area contributed by atoms with Crippen LogP contribution < -0.4 is 5.32 Å². The number of aromatic nitrogens is 2. The maximum absolute atomic E-state index is 11.2. The fraction of sp³-hybridized carbons (Fsp3) is 0.545. The van der Waals surface area contributed by atoms with Crippen molar-refractivity contribution in [2.45, 2.75) is 31.0 Å². The Morgan fingerprint density at radius 2 is 2.18 bits per heavy atom. The number of carboxylic acid groups (broad SMARTS) is 1. The molecule has 2 N–H and O–H groups in total. The van der Waals surface area contributed by atoms with Crippen LogP contribution in [0.2, 0.25) is 0 Å². The Kier molecular flexibility index (Phi) is 5.37. The zero-order valence-electron chi connectivity index (χ0n) is 10.0. The molecule has 1 aromatic heterocycles. The van der Waals surface area contributed by atoms with Gasteiger partial charge in [0.2, 0.25) is 0 Å². The minimum atomic E-state index is -0.945. The maximum atomic E-state index is 11.2. The van der Waals surface area contributed by atoms with Crippen LogP contribution >= 0.6 is 11.8 Å². The Labute approximate surface area is 105 Å². The first kappa shape index (κ1) is 13.9. The van der Waals surface area contributed by atoms with Crippen molar-refractivity contribution in [2.24, 2.45) is 0 Å². The SMILES string of the molecule is CCCNC(C)(CSc1ncccn1)C(=O)O. The highest BCUT2D eigenvalue weighted by molar-refractivity contribution is 7.99. The van der Waals surface area contributed by atoms with Gasteiger partial charge in [-0.05, 0) is 26.0 Å². The predicted octanol–water partition coefficient (Wildman–Crippen LogP) is 1.41. The van der Waals surface area contributed by atoms with Gasteiger partial charge in [-0.3, -0.25) is 4.79 Å². The molecule has 0 fully saturated rings. The molecule has 0 radical (unpaired) electrons. The summed E-state index contributed by atoms with van der Waals surface area (Å²) in [5.74, 6) is -0.457. The van der Waals surface area contributed by atoms with Crippen LogP contribution in [0.25, 0.3) is 0 Å². The van der Waals surface area contributed by atoms with Crippen LogP contribution in [0.1, 0.15) is 20.3 Å². The van der Waals surface area contributed by atoms with Gasteiger partial charge in [0, 0.05) is 18.1 Å². The Bertz CT molecular complexity index is 361. The summed E-state index contributed by atoms with van der Waals surface area (Å²) in [7, 11) is 0. The van der Waals surface area contributed by atoms with Crippen molar-refractivity contribution in [1.29, 1.82) is 0 Å². The molecule has 1 heterocycles. The van der Waals surface area contributed by atoms with Gasteiger partial charge < -0.3 is 10.4 Å². The molecule has 0 amide bonds. The van der Waals surface area contributed by atoms with Gasteiger partial charge in [0.15, 0.2) is 5.16 Å². The van der Waals surface area contributed by atoms with Gasteiger partial charge in [-0.25, -0.2) is 9.97 Å². The normalized spacial score (nSPS) is 14.2. The zero-order chi connectivity index (χ0) is 12.7. The van der Waals surface area contributed by atoms with Gasteiger partial charge in [0.05, 0.1) is 0 Å². The second kappa shape index (κ2) is 6.56. The third kappa shape index (κ3) is 4.32. The van der Waals surface area contributed by atoms with E-state index in [1.54, 1.807) is 25.4 Å². The maximum Gasteiger partial charge on any atom is 0.324 e. The molecule has 0 bridgehead atoms. The summed E-state index contributed by atoms with van der Waals surface area (Å²) in [6.07, 6.45) is 4.19. The second-order valence-electron chi connectivity index (χ2n) is 3.88. The van der Waals surface area contributed by atoms with E-state index in [1.165, 1.54) is 11.8 Å². The van der Waals surface area contributed by atoms with Crippen LogP contribution in [0.3, 0.4) is 0 Å². The fourth-order valence-corrected chi connectivity index (χ4v) is 2.07. The summed E-state index contributed by atoms with van der Waals surface area (Å²) in [5.41, 5.74) is -0.945. The van der Waals surface area contributed by atoms with Crippen molar-refractivity contribution < 1.29 is 9.90 Å². The van der Waals surface area contributed by atoms with E-state index in [4.69, 9.17) is 0 Å². The van der Waals surface area contributed by atoms with Crippen molar-refractivity contribution in [2.75, 3.05) is 12.3 Å². The molecule has 1 rings (SSSR count). The van der Waals surface area contributed by atoms with Crippen LogP contribution in [-0.2, 0) is 4.79 Å². The second-order valence-corrected chi connectivity index (χ2v) is 4.83. The number of thioether (sulfide) groups is 1. The van der Waals surface area contributed by atoms with Gasteiger partial charge in [-0.2, -0.15) is 0 Å². The highest BCUT2D eigenvalue weighted by Crippen LogP contribution is 2.19. The smallest absolute Gasteiger partial charge is 0.324 e. The average Bonchev–Trinajstić information content (AvgIpc) is 2.35. The highest BCUT2D eigenvalue weighted by Gasteiger charge is 2.32. The first-order chi connectivity index (χ1) is 8.08. The van der Waals surface area contributed by atoms with Crippen molar-refractivity contribution >= 4 is 17.7 Å². The summed E-state index contributed by atoms with van der Waals surface area (Å²) in [6.45, 7) is 4.36. The molecule has 0 saturated heterocycles. The fourth-order valence-electron chi connectivity index (χ4n) is 1.16. The molecule has 0 aromatic carbocycles. The minimum absolute atomic E-state index is 0.395. The summed E-state index contributed by atoms with van der Waals surface area (Å²) in [5, 5.41) is 12.9. The molecule has 1 unspecified atom stereocenters. The van der Waals surface area contributed by atoms with E-state index >= 15 is 0 Å². The molecular formula is C11H17N3O2S. The number of hydrogen-bond acceptors (Lipinski definition) is 5. The van der Waals surface area contributed by atoms with Crippen LogP contribution in [-0.4, -0.2) is 38.9 Å². The molecule has 17 heavy (non-hydrogen) atoms. The van der Waals surface area contributed by atoms with Gasteiger partial charge in [0.25, 0.3) is 0 Å². The Morgan fingerprint density at radius 3 is 2.71 bits per heavy atom. The lowest BCUT2D eigenvalue weighted by Gasteiger charge is -2.25. The Hall–Kier alpha value is -1.14. The van der Waals surface area contributed by atoms with Crippen LogP contribution in [0.5, 0.6) is 0 Å². The van der Waals surface area contributed by atoms with E-state index < -0.39 is 11.5 Å². The van der Waals surface area contributed by atoms with E-state index in [-0.39, 0.29) is 0 Å². The number of carboxylic acids is 1. The first-order valence-corrected chi connectivity index (χ1v) is 6.45. The molecule has 1 aromatic rings. The van der Waals surface area contributed by atoms with Crippen LogP contribution in [0.4, 0.5) is 0 Å². The molecular weight excluding hydrogens is 238 g/mol. The molecule has 5 nitrogen and oxygen atoms in total. The highest BCUT2D eigenvalue weighted by atomic mass is 32.2. The molecule has 6 heteroatoms. The van der Waals surface area contributed by atoms with E-state index in [0.717, 1.165) is 6.42 Å². The lowest BCUT2D eigenvalue weighted by molar-refractivity contribution is -0.143. The van der Waals surface area contributed by atoms with Crippen molar-refractivity contribution in [3.05, 3.63) is 18.5 Å². The van der Waals surface area contributed by atoms with Crippen molar-refractivity contribution in [3.63, 3.8) is 0 Å². The number of nitrogens with one attached hydrogen (secondary N) is 1. The topological polar surface area (TPSA) is 75.1 Å². The largest absolute Gasteiger partial charge is 0.480 e. The first-order valence-electron chi connectivity index (χ1n) is 5.47. The quantitative estimate of drug-likeness (QED) is 0.567. The molecule has 0 aliphatic carbocycles. The van der Waals surface area contributed by atoms with Gasteiger partial charge >= 0.3 is 5.97 Å². The van der Waals surface area contributed by atoms with Gasteiger partial charge in [0.1, 0.15) is 5.54 Å². The average molecular weight is 255 g/mol. The lowest BCUT2D eigenvalue weighted by Crippen LogP contribution is -2.52. The predicted molar refractivity (Wildman–Crippen MR) is 67.1 cm³/mol. The van der Waals surface area contributed by atoms with Crippen LogP contribution in [0, 0.1) is 0 Å². The summed E-state index contributed by atoms with van der Waals surface area (Å²) < 4.78 is 0. The van der Waals surface area contributed by atoms with Crippen molar-refractivity contribution in [3.8, 4) is 0 Å². The van der Waals surface area contributed by atoms with Gasteiger partial charge in [-0.15, -0.1) is 0 Å².